The highest BCUT2D eigenvalue weighted by Gasteiger charge is 2.19. The molecule has 0 saturated carbocycles. The SMILES string of the molecule is CCOc1ccc([C@H](Cc2ccccc2)NC(=O)c2ccc(F)cc2)cc1OCC. The minimum absolute atomic E-state index is 0.261. The molecule has 0 aliphatic heterocycles. The maximum atomic E-state index is 13.2. The number of carbonyl (C=O) groups excluding carboxylic acids is 1. The molecule has 0 aromatic heterocycles. The lowest BCUT2D eigenvalue weighted by Gasteiger charge is -2.21. The zero-order valence-electron chi connectivity index (χ0n) is 17.2. The summed E-state index contributed by atoms with van der Waals surface area (Å²) in [5, 5.41) is 3.08. The molecule has 0 bridgehead atoms. The zero-order valence-corrected chi connectivity index (χ0v) is 17.2. The van der Waals surface area contributed by atoms with Gasteiger partial charge in [-0.3, -0.25) is 4.79 Å². The molecule has 0 radical (unpaired) electrons. The molecule has 3 aromatic carbocycles. The molecule has 0 aliphatic carbocycles. The van der Waals surface area contributed by atoms with Crippen LogP contribution < -0.4 is 14.8 Å². The summed E-state index contributed by atoms with van der Waals surface area (Å²) in [5.74, 6) is 0.681. The fourth-order valence-corrected chi connectivity index (χ4v) is 3.23. The van der Waals surface area contributed by atoms with E-state index >= 15 is 0 Å². The molecule has 0 unspecified atom stereocenters. The van der Waals surface area contributed by atoms with Gasteiger partial charge in [-0.25, -0.2) is 4.39 Å². The van der Waals surface area contributed by atoms with E-state index in [1.54, 1.807) is 0 Å². The van der Waals surface area contributed by atoms with E-state index in [1.807, 2.05) is 62.4 Å². The molecule has 30 heavy (non-hydrogen) atoms. The summed E-state index contributed by atoms with van der Waals surface area (Å²) >= 11 is 0. The summed E-state index contributed by atoms with van der Waals surface area (Å²) < 4.78 is 24.6. The molecule has 1 atom stereocenters. The van der Waals surface area contributed by atoms with Crippen LogP contribution in [0.3, 0.4) is 0 Å². The minimum Gasteiger partial charge on any atom is -0.490 e. The number of carbonyl (C=O) groups is 1. The fourth-order valence-electron chi connectivity index (χ4n) is 3.23. The first-order chi connectivity index (χ1) is 14.6. The van der Waals surface area contributed by atoms with Crippen molar-refractivity contribution in [2.75, 3.05) is 13.2 Å². The molecule has 4 nitrogen and oxygen atoms in total. The number of rotatable bonds is 9. The average Bonchev–Trinajstić information content (AvgIpc) is 2.76. The second-order valence-electron chi connectivity index (χ2n) is 6.79. The highest BCUT2D eigenvalue weighted by molar-refractivity contribution is 5.94. The van der Waals surface area contributed by atoms with Gasteiger partial charge in [-0.15, -0.1) is 0 Å². The molecule has 0 aliphatic rings. The Bertz CT molecular complexity index is 958. The van der Waals surface area contributed by atoms with Gasteiger partial charge in [0.15, 0.2) is 11.5 Å². The zero-order chi connectivity index (χ0) is 21.3. The van der Waals surface area contributed by atoms with E-state index in [0.717, 1.165) is 11.1 Å². The molecule has 1 N–H and O–H groups in total. The van der Waals surface area contributed by atoms with Gasteiger partial charge in [-0.1, -0.05) is 36.4 Å². The van der Waals surface area contributed by atoms with Crippen molar-refractivity contribution in [1.82, 2.24) is 5.32 Å². The topological polar surface area (TPSA) is 47.6 Å². The summed E-state index contributed by atoms with van der Waals surface area (Å²) in [5.41, 5.74) is 2.40. The Morgan fingerprint density at radius 1 is 0.900 bits per heavy atom. The smallest absolute Gasteiger partial charge is 0.251 e. The Labute approximate surface area is 176 Å². The largest absolute Gasteiger partial charge is 0.490 e. The lowest BCUT2D eigenvalue weighted by molar-refractivity contribution is 0.0936. The van der Waals surface area contributed by atoms with Gasteiger partial charge in [-0.05, 0) is 67.8 Å². The number of amides is 1. The van der Waals surface area contributed by atoms with Gasteiger partial charge in [0.05, 0.1) is 19.3 Å². The molecule has 156 valence electrons. The van der Waals surface area contributed by atoms with Crippen molar-refractivity contribution in [1.29, 1.82) is 0 Å². The van der Waals surface area contributed by atoms with Gasteiger partial charge in [-0.2, -0.15) is 0 Å². The Hall–Kier alpha value is -3.34. The van der Waals surface area contributed by atoms with Crippen LogP contribution in [0.4, 0.5) is 4.39 Å². The van der Waals surface area contributed by atoms with Crippen LogP contribution in [0.5, 0.6) is 11.5 Å². The van der Waals surface area contributed by atoms with Crippen LogP contribution in [0.1, 0.15) is 41.4 Å². The minimum atomic E-state index is -0.375. The van der Waals surface area contributed by atoms with E-state index in [2.05, 4.69) is 5.32 Å². The number of ether oxygens (including phenoxy) is 2. The predicted molar refractivity (Wildman–Crippen MR) is 116 cm³/mol. The molecule has 5 heteroatoms. The maximum absolute atomic E-state index is 13.2. The van der Waals surface area contributed by atoms with Crippen LogP contribution in [0.15, 0.2) is 72.8 Å². The van der Waals surface area contributed by atoms with Gasteiger partial charge >= 0.3 is 0 Å². The highest BCUT2D eigenvalue weighted by Crippen LogP contribution is 2.32. The normalized spacial score (nSPS) is 11.6. The van der Waals surface area contributed by atoms with Gasteiger partial charge in [0.25, 0.3) is 5.91 Å². The second-order valence-corrected chi connectivity index (χ2v) is 6.79. The monoisotopic (exact) mass is 407 g/mol. The summed E-state index contributed by atoms with van der Waals surface area (Å²) in [7, 11) is 0. The molecule has 3 rings (SSSR count). The van der Waals surface area contributed by atoms with Gasteiger partial charge in [0.1, 0.15) is 5.82 Å². The van der Waals surface area contributed by atoms with Crippen LogP contribution in [0.2, 0.25) is 0 Å². The van der Waals surface area contributed by atoms with Crippen molar-refractivity contribution in [3.63, 3.8) is 0 Å². The second kappa shape index (κ2) is 10.4. The third-order valence-corrected chi connectivity index (χ3v) is 4.66. The number of hydrogen-bond acceptors (Lipinski definition) is 3. The lowest BCUT2D eigenvalue weighted by atomic mass is 9.98. The van der Waals surface area contributed by atoms with E-state index in [1.165, 1.54) is 24.3 Å². The van der Waals surface area contributed by atoms with Crippen LogP contribution in [-0.2, 0) is 6.42 Å². The Kier molecular flexibility index (Phi) is 7.44. The molecule has 0 fully saturated rings. The van der Waals surface area contributed by atoms with Gasteiger partial charge < -0.3 is 14.8 Å². The Morgan fingerprint density at radius 2 is 1.57 bits per heavy atom. The molecular formula is C25H26FNO3. The van der Waals surface area contributed by atoms with Crippen LogP contribution in [-0.4, -0.2) is 19.1 Å². The van der Waals surface area contributed by atoms with E-state index in [0.29, 0.717) is 36.7 Å². The summed E-state index contributed by atoms with van der Waals surface area (Å²) in [6.07, 6.45) is 0.604. The average molecular weight is 407 g/mol. The third kappa shape index (κ3) is 5.60. The third-order valence-electron chi connectivity index (χ3n) is 4.66. The van der Waals surface area contributed by atoms with Crippen molar-refractivity contribution in [2.24, 2.45) is 0 Å². The fraction of sp³-hybridized carbons (Fsp3) is 0.240. The van der Waals surface area contributed by atoms with Gasteiger partial charge in [0.2, 0.25) is 0 Å². The highest BCUT2D eigenvalue weighted by atomic mass is 19.1. The molecular weight excluding hydrogens is 381 g/mol. The van der Waals surface area contributed by atoms with E-state index in [9.17, 15) is 9.18 Å². The van der Waals surface area contributed by atoms with Crippen LogP contribution in [0.25, 0.3) is 0 Å². The first kappa shape index (κ1) is 21.4. The quantitative estimate of drug-likeness (QED) is 0.521. The predicted octanol–water partition coefficient (Wildman–Crippen LogP) is 5.34. The van der Waals surface area contributed by atoms with Crippen LogP contribution in [0, 0.1) is 5.82 Å². The lowest BCUT2D eigenvalue weighted by Crippen LogP contribution is -2.30. The standard InChI is InChI=1S/C25H26FNO3/c1-3-29-23-15-12-20(17-24(23)30-4-2)22(16-18-8-6-5-7-9-18)27-25(28)19-10-13-21(26)14-11-19/h5-15,17,22H,3-4,16H2,1-2H3,(H,27,28)/t22-/m0/s1. The molecule has 1 amide bonds. The number of hydrogen-bond donors (Lipinski definition) is 1. The first-order valence-corrected chi connectivity index (χ1v) is 10.1. The maximum Gasteiger partial charge on any atom is 0.251 e. The summed E-state index contributed by atoms with van der Waals surface area (Å²) in [6.45, 7) is 4.88. The Balaban J connectivity index is 1.91. The number of halogens is 1. The molecule has 3 aromatic rings. The molecule has 0 spiro atoms. The van der Waals surface area contributed by atoms with Crippen molar-refractivity contribution in [3.8, 4) is 11.5 Å². The van der Waals surface area contributed by atoms with E-state index in [4.69, 9.17) is 9.47 Å². The molecule has 0 saturated heterocycles. The summed E-state index contributed by atoms with van der Waals surface area (Å²) in [4.78, 5) is 12.8. The number of nitrogens with one attached hydrogen (secondary N) is 1. The molecule has 0 heterocycles. The number of benzene rings is 3. The summed E-state index contributed by atoms with van der Waals surface area (Å²) in [6, 6.07) is 20.9. The first-order valence-electron chi connectivity index (χ1n) is 10.1. The van der Waals surface area contributed by atoms with Crippen molar-refractivity contribution >= 4 is 5.91 Å². The van der Waals surface area contributed by atoms with E-state index < -0.39 is 0 Å². The van der Waals surface area contributed by atoms with Crippen molar-refractivity contribution < 1.29 is 18.7 Å². The van der Waals surface area contributed by atoms with Crippen molar-refractivity contribution in [3.05, 3.63) is 95.3 Å². The van der Waals surface area contributed by atoms with Crippen LogP contribution >= 0.6 is 0 Å². The van der Waals surface area contributed by atoms with Crippen molar-refractivity contribution in [2.45, 2.75) is 26.3 Å². The Morgan fingerprint density at radius 3 is 2.23 bits per heavy atom. The van der Waals surface area contributed by atoms with Gasteiger partial charge in [0, 0.05) is 5.56 Å². The van der Waals surface area contributed by atoms with E-state index in [-0.39, 0.29) is 17.8 Å².